The molecule has 1 aliphatic heterocycles. The topological polar surface area (TPSA) is 55.4 Å². The quantitative estimate of drug-likeness (QED) is 0.758. The summed E-state index contributed by atoms with van der Waals surface area (Å²) >= 11 is 0. The van der Waals surface area contributed by atoms with E-state index in [0.717, 1.165) is 11.3 Å². The standard InChI is InChI=1S/C12H12NO3/c1-16-11(14)7-9-6-8-4-2-3-5-10(8)13-12(9)15/h3-5,9H,6-7H2,1H3,(H,13,15). The van der Waals surface area contributed by atoms with E-state index in [2.05, 4.69) is 16.1 Å². The fraction of sp³-hybridized carbons (Fsp3) is 0.333. The lowest BCUT2D eigenvalue weighted by Gasteiger charge is -2.23. The summed E-state index contributed by atoms with van der Waals surface area (Å²) in [4.78, 5) is 22.8. The van der Waals surface area contributed by atoms with Gasteiger partial charge in [0, 0.05) is 5.69 Å². The van der Waals surface area contributed by atoms with Crippen molar-refractivity contribution in [3.63, 3.8) is 0 Å². The molecule has 1 heterocycles. The van der Waals surface area contributed by atoms with E-state index in [9.17, 15) is 9.59 Å². The summed E-state index contributed by atoms with van der Waals surface area (Å²) < 4.78 is 4.56. The Labute approximate surface area is 93.6 Å². The second-order valence-corrected chi connectivity index (χ2v) is 3.75. The number of methoxy groups -OCH3 is 1. The van der Waals surface area contributed by atoms with Gasteiger partial charge in [-0.25, -0.2) is 0 Å². The smallest absolute Gasteiger partial charge is 0.306 e. The molecule has 0 saturated heterocycles. The van der Waals surface area contributed by atoms with Crippen LogP contribution in [-0.2, 0) is 20.7 Å². The van der Waals surface area contributed by atoms with Gasteiger partial charge in [0.25, 0.3) is 0 Å². The Kier molecular flexibility index (Phi) is 2.90. The highest BCUT2D eigenvalue weighted by atomic mass is 16.5. The highest BCUT2D eigenvalue weighted by Gasteiger charge is 2.28. The van der Waals surface area contributed by atoms with Crippen LogP contribution in [0.25, 0.3) is 0 Å². The van der Waals surface area contributed by atoms with E-state index in [4.69, 9.17) is 0 Å². The first-order chi connectivity index (χ1) is 7.70. The average Bonchev–Trinajstić information content (AvgIpc) is 2.30. The van der Waals surface area contributed by atoms with Crippen LogP contribution < -0.4 is 5.32 Å². The van der Waals surface area contributed by atoms with E-state index >= 15 is 0 Å². The summed E-state index contributed by atoms with van der Waals surface area (Å²) in [6.45, 7) is 0. The Hall–Kier alpha value is -1.84. The number of nitrogens with one attached hydrogen (secondary N) is 1. The van der Waals surface area contributed by atoms with Gasteiger partial charge in [0.15, 0.2) is 0 Å². The third kappa shape index (κ3) is 2.05. The zero-order chi connectivity index (χ0) is 11.5. The predicted molar refractivity (Wildman–Crippen MR) is 57.7 cm³/mol. The van der Waals surface area contributed by atoms with Crippen LogP contribution in [0.15, 0.2) is 18.2 Å². The highest BCUT2D eigenvalue weighted by molar-refractivity contribution is 5.97. The first kappa shape index (κ1) is 10.7. The molecule has 16 heavy (non-hydrogen) atoms. The summed E-state index contributed by atoms with van der Waals surface area (Å²) in [5.74, 6) is -0.816. The van der Waals surface area contributed by atoms with Crippen molar-refractivity contribution in [3.8, 4) is 0 Å². The molecule has 1 aromatic rings. The van der Waals surface area contributed by atoms with E-state index in [1.165, 1.54) is 7.11 Å². The van der Waals surface area contributed by atoms with Gasteiger partial charge in [-0.1, -0.05) is 6.07 Å². The second kappa shape index (κ2) is 4.35. The van der Waals surface area contributed by atoms with E-state index in [1.54, 1.807) is 6.07 Å². The number of ether oxygens (including phenoxy) is 1. The number of hydrogen-bond donors (Lipinski definition) is 1. The van der Waals surface area contributed by atoms with Crippen molar-refractivity contribution in [1.82, 2.24) is 0 Å². The van der Waals surface area contributed by atoms with E-state index < -0.39 is 0 Å². The molecule has 1 atom stereocenters. The number of carbonyl (C=O) groups excluding carboxylic acids is 2. The van der Waals surface area contributed by atoms with Crippen molar-refractivity contribution in [2.45, 2.75) is 12.8 Å². The number of carbonyl (C=O) groups is 2. The number of hydrogen-bond acceptors (Lipinski definition) is 3. The van der Waals surface area contributed by atoms with E-state index in [1.807, 2.05) is 12.1 Å². The van der Waals surface area contributed by atoms with Gasteiger partial charge >= 0.3 is 5.97 Å². The van der Waals surface area contributed by atoms with Crippen LogP contribution in [0.2, 0.25) is 0 Å². The van der Waals surface area contributed by atoms with Gasteiger partial charge < -0.3 is 10.1 Å². The van der Waals surface area contributed by atoms with Crippen LogP contribution in [0, 0.1) is 12.0 Å². The maximum Gasteiger partial charge on any atom is 0.306 e. The van der Waals surface area contributed by atoms with E-state index in [0.29, 0.717) is 6.42 Å². The molecule has 1 unspecified atom stereocenters. The normalized spacial score (nSPS) is 18.6. The van der Waals surface area contributed by atoms with Crippen molar-refractivity contribution >= 4 is 17.6 Å². The minimum absolute atomic E-state index is 0.121. The lowest BCUT2D eigenvalue weighted by atomic mass is 9.91. The molecule has 4 nitrogen and oxygen atoms in total. The molecule has 0 fully saturated rings. The zero-order valence-electron chi connectivity index (χ0n) is 8.95. The molecule has 1 radical (unpaired) electrons. The number of anilines is 1. The highest BCUT2D eigenvalue weighted by Crippen LogP contribution is 2.26. The second-order valence-electron chi connectivity index (χ2n) is 3.75. The predicted octanol–water partition coefficient (Wildman–Crippen LogP) is 1.16. The zero-order valence-corrected chi connectivity index (χ0v) is 8.95. The monoisotopic (exact) mass is 218 g/mol. The van der Waals surface area contributed by atoms with E-state index in [-0.39, 0.29) is 24.2 Å². The first-order valence-corrected chi connectivity index (χ1v) is 5.07. The molecule has 0 aliphatic carbocycles. The number of amides is 1. The van der Waals surface area contributed by atoms with Crippen molar-refractivity contribution in [3.05, 3.63) is 29.8 Å². The van der Waals surface area contributed by atoms with Gasteiger partial charge in [-0.2, -0.15) is 0 Å². The van der Waals surface area contributed by atoms with Crippen LogP contribution >= 0.6 is 0 Å². The maximum atomic E-state index is 11.7. The molecule has 0 spiro atoms. The molecule has 1 aliphatic rings. The molecule has 0 aromatic heterocycles. The van der Waals surface area contributed by atoms with Gasteiger partial charge in [0.1, 0.15) is 0 Å². The first-order valence-electron chi connectivity index (χ1n) is 5.07. The lowest BCUT2D eigenvalue weighted by Crippen LogP contribution is -2.31. The van der Waals surface area contributed by atoms with Gasteiger partial charge in [0.2, 0.25) is 5.91 Å². The van der Waals surface area contributed by atoms with Crippen LogP contribution in [0.3, 0.4) is 0 Å². The average molecular weight is 218 g/mol. The van der Waals surface area contributed by atoms with Crippen molar-refractivity contribution in [1.29, 1.82) is 0 Å². The Morgan fingerprint density at radius 2 is 2.50 bits per heavy atom. The SMILES string of the molecule is COC(=O)CC1Cc2c[c]ccc2NC1=O. The lowest BCUT2D eigenvalue weighted by molar-refractivity contribution is -0.143. The minimum Gasteiger partial charge on any atom is -0.469 e. The molecule has 4 heteroatoms. The summed E-state index contributed by atoms with van der Waals surface area (Å²) in [6.07, 6.45) is 0.685. The fourth-order valence-electron chi connectivity index (χ4n) is 1.80. The Morgan fingerprint density at radius 1 is 1.69 bits per heavy atom. The van der Waals surface area contributed by atoms with Crippen molar-refractivity contribution in [2.24, 2.45) is 5.92 Å². The van der Waals surface area contributed by atoms with Crippen molar-refractivity contribution < 1.29 is 14.3 Å². The summed E-state index contributed by atoms with van der Waals surface area (Å²) in [5, 5.41) is 2.77. The van der Waals surface area contributed by atoms with Crippen molar-refractivity contribution in [2.75, 3.05) is 12.4 Å². The minimum atomic E-state index is -0.358. The number of fused-ring (bicyclic) bond motifs is 1. The molecule has 0 bridgehead atoms. The number of benzene rings is 1. The molecule has 1 N–H and O–H groups in total. The molecular weight excluding hydrogens is 206 g/mol. The maximum absolute atomic E-state index is 11.7. The third-order valence-electron chi connectivity index (χ3n) is 2.69. The molecule has 83 valence electrons. The summed E-state index contributed by atoms with van der Waals surface area (Å²) in [7, 11) is 1.32. The molecule has 1 aromatic carbocycles. The molecule has 0 saturated carbocycles. The van der Waals surface area contributed by atoms with Gasteiger partial charge in [0.05, 0.1) is 19.4 Å². The van der Waals surface area contributed by atoms with Gasteiger partial charge in [-0.15, -0.1) is 0 Å². The fourth-order valence-corrected chi connectivity index (χ4v) is 1.80. The molecule has 2 rings (SSSR count). The Balaban J connectivity index is 2.15. The summed E-state index contributed by atoms with van der Waals surface area (Å²) in [6, 6.07) is 8.35. The van der Waals surface area contributed by atoms with Gasteiger partial charge in [-0.3, -0.25) is 9.59 Å². The molecular formula is C12H12NO3. The van der Waals surface area contributed by atoms with Crippen LogP contribution in [-0.4, -0.2) is 19.0 Å². The van der Waals surface area contributed by atoms with Crippen LogP contribution in [0.5, 0.6) is 0 Å². The Bertz CT molecular complexity index is 428. The van der Waals surface area contributed by atoms with Crippen LogP contribution in [0.1, 0.15) is 12.0 Å². The third-order valence-corrected chi connectivity index (χ3v) is 2.69. The molecule has 1 amide bonds. The Morgan fingerprint density at radius 3 is 3.25 bits per heavy atom. The van der Waals surface area contributed by atoms with Gasteiger partial charge in [-0.05, 0) is 30.2 Å². The summed E-state index contributed by atoms with van der Waals surface area (Å²) in [5.41, 5.74) is 1.82. The van der Waals surface area contributed by atoms with Crippen LogP contribution in [0.4, 0.5) is 5.69 Å². The number of rotatable bonds is 2. The largest absolute Gasteiger partial charge is 0.469 e. The number of esters is 1.